The van der Waals surface area contributed by atoms with E-state index in [9.17, 15) is 5.11 Å². The zero-order valence-corrected chi connectivity index (χ0v) is 9.43. The summed E-state index contributed by atoms with van der Waals surface area (Å²) in [5.74, 6) is 0.315. The van der Waals surface area contributed by atoms with Gasteiger partial charge in [0.1, 0.15) is 5.75 Å². The lowest BCUT2D eigenvalue weighted by molar-refractivity contribution is 0.470. The van der Waals surface area contributed by atoms with Gasteiger partial charge in [0, 0.05) is 5.56 Å². The monoisotopic (exact) mass is 240 g/mol. The lowest BCUT2D eigenvalue weighted by Crippen LogP contribution is -1.78. The van der Waals surface area contributed by atoms with Crippen molar-refractivity contribution in [2.45, 2.75) is 20.3 Å². The molecule has 0 unspecified atom stereocenters. The SMILES string of the molecule is CCC(C)=Cc1cccc(Br)c1O. The molecule has 1 aromatic carbocycles. The van der Waals surface area contributed by atoms with Crippen molar-refractivity contribution in [2.75, 3.05) is 0 Å². The van der Waals surface area contributed by atoms with Gasteiger partial charge in [0.25, 0.3) is 0 Å². The zero-order chi connectivity index (χ0) is 9.84. The van der Waals surface area contributed by atoms with Crippen molar-refractivity contribution < 1.29 is 5.11 Å². The fourth-order valence-electron chi connectivity index (χ4n) is 1.02. The van der Waals surface area contributed by atoms with Gasteiger partial charge < -0.3 is 5.11 Å². The Hall–Kier alpha value is -0.760. The second kappa shape index (κ2) is 4.47. The Morgan fingerprint density at radius 2 is 2.23 bits per heavy atom. The molecule has 1 rings (SSSR count). The molecule has 70 valence electrons. The molecule has 0 aliphatic carbocycles. The first-order valence-corrected chi connectivity index (χ1v) is 5.09. The van der Waals surface area contributed by atoms with Crippen LogP contribution in [0.5, 0.6) is 5.75 Å². The van der Waals surface area contributed by atoms with E-state index < -0.39 is 0 Å². The second-order valence-corrected chi connectivity index (χ2v) is 3.88. The Labute approximate surface area is 87.2 Å². The highest BCUT2D eigenvalue weighted by molar-refractivity contribution is 9.10. The predicted octanol–water partition coefficient (Wildman–Crippen LogP) is 3.97. The summed E-state index contributed by atoms with van der Waals surface area (Å²) in [5, 5.41) is 9.65. The number of aromatic hydroxyl groups is 1. The van der Waals surface area contributed by atoms with Crippen LogP contribution in [-0.4, -0.2) is 5.11 Å². The maximum absolute atomic E-state index is 9.65. The maximum atomic E-state index is 9.65. The van der Waals surface area contributed by atoms with Crippen molar-refractivity contribution in [3.05, 3.63) is 33.8 Å². The number of allylic oxidation sites excluding steroid dienone is 1. The van der Waals surface area contributed by atoms with Gasteiger partial charge in [-0.1, -0.05) is 30.7 Å². The first-order chi connectivity index (χ1) is 6.15. The van der Waals surface area contributed by atoms with E-state index in [-0.39, 0.29) is 0 Å². The van der Waals surface area contributed by atoms with Gasteiger partial charge >= 0.3 is 0 Å². The van der Waals surface area contributed by atoms with Crippen molar-refractivity contribution in [1.82, 2.24) is 0 Å². The number of phenols is 1. The van der Waals surface area contributed by atoms with Crippen molar-refractivity contribution >= 4 is 22.0 Å². The van der Waals surface area contributed by atoms with Gasteiger partial charge in [0.15, 0.2) is 0 Å². The number of hydrogen-bond donors (Lipinski definition) is 1. The molecule has 0 aromatic heterocycles. The fraction of sp³-hybridized carbons (Fsp3) is 0.273. The van der Waals surface area contributed by atoms with Gasteiger partial charge in [-0.3, -0.25) is 0 Å². The molecule has 1 N–H and O–H groups in total. The number of benzene rings is 1. The molecule has 1 aromatic rings. The first kappa shape index (κ1) is 10.3. The molecular weight excluding hydrogens is 228 g/mol. The van der Waals surface area contributed by atoms with E-state index >= 15 is 0 Å². The van der Waals surface area contributed by atoms with Crippen LogP contribution in [-0.2, 0) is 0 Å². The number of rotatable bonds is 2. The predicted molar refractivity (Wildman–Crippen MR) is 59.7 cm³/mol. The minimum absolute atomic E-state index is 0.315. The molecule has 0 radical (unpaired) electrons. The van der Waals surface area contributed by atoms with Crippen molar-refractivity contribution in [3.63, 3.8) is 0 Å². The van der Waals surface area contributed by atoms with Crippen LogP contribution in [0.4, 0.5) is 0 Å². The fourth-order valence-corrected chi connectivity index (χ4v) is 1.40. The molecule has 0 heterocycles. The zero-order valence-electron chi connectivity index (χ0n) is 7.84. The third kappa shape index (κ3) is 2.59. The normalized spacial score (nSPS) is 11.8. The summed E-state index contributed by atoms with van der Waals surface area (Å²) in [6.07, 6.45) is 3.01. The number of para-hydroxylation sites is 1. The largest absolute Gasteiger partial charge is 0.506 e. The molecule has 0 amide bonds. The van der Waals surface area contributed by atoms with Crippen molar-refractivity contribution in [1.29, 1.82) is 0 Å². The minimum atomic E-state index is 0.315. The third-order valence-electron chi connectivity index (χ3n) is 1.98. The molecule has 0 bridgehead atoms. The molecule has 1 nitrogen and oxygen atoms in total. The summed E-state index contributed by atoms with van der Waals surface area (Å²) in [6, 6.07) is 5.64. The van der Waals surface area contributed by atoms with E-state index in [1.54, 1.807) is 0 Å². The lowest BCUT2D eigenvalue weighted by atomic mass is 10.1. The smallest absolute Gasteiger partial charge is 0.136 e. The lowest BCUT2D eigenvalue weighted by Gasteiger charge is -2.02. The highest BCUT2D eigenvalue weighted by Gasteiger charge is 2.01. The van der Waals surface area contributed by atoms with Crippen molar-refractivity contribution in [2.24, 2.45) is 0 Å². The summed E-state index contributed by atoms with van der Waals surface area (Å²) in [5.41, 5.74) is 2.13. The quantitative estimate of drug-likeness (QED) is 0.830. The van der Waals surface area contributed by atoms with Gasteiger partial charge in [0.2, 0.25) is 0 Å². The number of hydrogen-bond acceptors (Lipinski definition) is 1. The average molecular weight is 241 g/mol. The second-order valence-electron chi connectivity index (χ2n) is 3.02. The molecule has 0 atom stereocenters. The third-order valence-corrected chi connectivity index (χ3v) is 2.62. The highest BCUT2D eigenvalue weighted by atomic mass is 79.9. The summed E-state index contributed by atoms with van der Waals surface area (Å²) in [6.45, 7) is 4.15. The van der Waals surface area contributed by atoms with E-state index in [1.807, 2.05) is 24.3 Å². The van der Waals surface area contributed by atoms with Crippen LogP contribution < -0.4 is 0 Å². The van der Waals surface area contributed by atoms with Gasteiger partial charge in [-0.15, -0.1) is 0 Å². The van der Waals surface area contributed by atoms with E-state index in [0.29, 0.717) is 5.75 Å². The van der Waals surface area contributed by atoms with E-state index in [4.69, 9.17) is 0 Å². The van der Waals surface area contributed by atoms with Crippen LogP contribution >= 0.6 is 15.9 Å². The van der Waals surface area contributed by atoms with Gasteiger partial charge in [0.05, 0.1) is 4.47 Å². The highest BCUT2D eigenvalue weighted by Crippen LogP contribution is 2.29. The Bertz CT molecular complexity index is 329. The summed E-state index contributed by atoms with van der Waals surface area (Å²) in [4.78, 5) is 0. The average Bonchev–Trinajstić information content (AvgIpc) is 2.13. The molecule has 0 aliphatic heterocycles. The molecule has 0 saturated heterocycles. The van der Waals surface area contributed by atoms with Gasteiger partial charge in [-0.05, 0) is 35.3 Å². The Morgan fingerprint density at radius 1 is 1.54 bits per heavy atom. The van der Waals surface area contributed by atoms with Crippen LogP contribution in [0, 0.1) is 0 Å². The molecule has 0 spiro atoms. The molecule has 2 heteroatoms. The van der Waals surface area contributed by atoms with Crippen molar-refractivity contribution in [3.8, 4) is 5.75 Å². The molecule has 0 saturated carbocycles. The maximum Gasteiger partial charge on any atom is 0.136 e. The Balaban J connectivity index is 3.09. The van der Waals surface area contributed by atoms with E-state index in [0.717, 1.165) is 16.5 Å². The van der Waals surface area contributed by atoms with E-state index in [1.165, 1.54) is 5.57 Å². The summed E-state index contributed by atoms with van der Waals surface area (Å²) < 4.78 is 0.741. The summed E-state index contributed by atoms with van der Waals surface area (Å²) in [7, 11) is 0. The minimum Gasteiger partial charge on any atom is -0.506 e. The van der Waals surface area contributed by atoms with Crippen LogP contribution in [0.15, 0.2) is 28.2 Å². The number of phenolic OH excluding ortho intramolecular Hbond substituents is 1. The molecule has 0 aliphatic rings. The van der Waals surface area contributed by atoms with Crippen LogP contribution in [0.1, 0.15) is 25.8 Å². The number of halogens is 1. The standard InChI is InChI=1S/C11H13BrO/c1-3-8(2)7-9-5-4-6-10(12)11(9)13/h4-7,13H,3H2,1-2H3. The van der Waals surface area contributed by atoms with Gasteiger partial charge in [-0.2, -0.15) is 0 Å². The topological polar surface area (TPSA) is 20.2 Å². The Kier molecular flexibility index (Phi) is 3.55. The molecular formula is C11H13BrO. The Morgan fingerprint density at radius 3 is 2.85 bits per heavy atom. The molecule has 0 fully saturated rings. The van der Waals surface area contributed by atoms with E-state index in [2.05, 4.69) is 29.8 Å². The van der Waals surface area contributed by atoms with Crippen LogP contribution in [0.25, 0.3) is 6.08 Å². The summed E-state index contributed by atoms with van der Waals surface area (Å²) >= 11 is 3.28. The first-order valence-electron chi connectivity index (χ1n) is 4.29. The van der Waals surface area contributed by atoms with Gasteiger partial charge in [-0.25, -0.2) is 0 Å². The van der Waals surface area contributed by atoms with Crippen LogP contribution in [0.3, 0.4) is 0 Å². The molecule has 13 heavy (non-hydrogen) atoms. The van der Waals surface area contributed by atoms with Crippen LogP contribution in [0.2, 0.25) is 0 Å².